The van der Waals surface area contributed by atoms with E-state index in [0.717, 1.165) is 5.56 Å². The second-order valence-electron chi connectivity index (χ2n) is 2.21. The predicted molar refractivity (Wildman–Crippen MR) is 51.1 cm³/mol. The quantitative estimate of drug-likeness (QED) is 0.402. The van der Waals surface area contributed by atoms with E-state index in [4.69, 9.17) is 4.74 Å². The molecule has 1 rings (SSSR count). The van der Waals surface area contributed by atoms with Crippen molar-refractivity contribution in [2.75, 3.05) is 6.73 Å². The summed E-state index contributed by atoms with van der Waals surface area (Å²) in [6, 6.07) is 9.92. The zero-order valence-corrected chi connectivity index (χ0v) is 7.38. The van der Waals surface area contributed by atoms with E-state index in [1.807, 2.05) is 30.3 Å². The fourth-order valence-electron chi connectivity index (χ4n) is 0.810. The highest BCUT2D eigenvalue weighted by atomic mass is 32.1. The van der Waals surface area contributed by atoms with E-state index in [9.17, 15) is 0 Å². The Hall–Kier alpha value is -1.02. The minimum absolute atomic E-state index is 0.290. The summed E-state index contributed by atoms with van der Waals surface area (Å²) < 4.78 is 5.16. The molecule has 12 heavy (non-hydrogen) atoms. The van der Waals surface area contributed by atoms with Gasteiger partial charge in [0, 0.05) is 0 Å². The summed E-state index contributed by atoms with van der Waals surface area (Å²) in [5, 5.41) is 2.24. The molecule has 0 N–H and O–H groups in total. The van der Waals surface area contributed by atoms with Crippen molar-refractivity contribution in [2.24, 2.45) is 4.99 Å². The van der Waals surface area contributed by atoms with Crippen molar-refractivity contribution in [3.63, 3.8) is 0 Å². The summed E-state index contributed by atoms with van der Waals surface area (Å²) in [4.78, 5) is 3.63. The van der Waals surface area contributed by atoms with Gasteiger partial charge in [0.25, 0.3) is 0 Å². The van der Waals surface area contributed by atoms with Crippen LogP contribution in [0, 0.1) is 0 Å². The first kappa shape index (κ1) is 9.07. The Morgan fingerprint density at radius 1 is 1.33 bits per heavy atom. The lowest BCUT2D eigenvalue weighted by atomic mass is 10.2. The van der Waals surface area contributed by atoms with Crippen molar-refractivity contribution in [3.05, 3.63) is 35.9 Å². The lowest BCUT2D eigenvalue weighted by Crippen LogP contribution is -1.91. The standard InChI is InChI=1S/C9H9NOS/c12-8-10-7-11-6-9-4-2-1-3-5-9/h1-5H,6-7H2. The van der Waals surface area contributed by atoms with Gasteiger partial charge in [-0.05, 0) is 17.8 Å². The number of ether oxygens (including phenoxy) is 1. The van der Waals surface area contributed by atoms with Gasteiger partial charge in [-0.3, -0.25) is 0 Å². The van der Waals surface area contributed by atoms with Crippen molar-refractivity contribution < 1.29 is 4.74 Å². The first-order valence-electron chi connectivity index (χ1n) is 3.59. The molecule has 1 aromatic carbocycles. The monoisotopic (exact) mass is 179 g/mol. The number of hydrogen-bond donors (Lipinski definition) is 0. The molecule has 0 fully saturated rings. The minimum Gasteiger partial charge on any atom is -0.354 e. The molecular weight excluding hydrogens is 170 g/mol. The van der Waals surface area contributed by atoms with Crippen molar-refractivity contribution in [2.45, 2.75) is 6.61 Å². The number of hydrogen-bond acceptors (Lipinski definition) is 3. The fourth-order valence-corrected chi connectivity index (χ4v) is 0.862. The summed E-state index contributed by atoms with van der Waals surface area (Å²) in [5.41, 5.74) is 1.14. The van der Waals surface area contributed by atoms with Crippen LogP contribution in [0.15, 0.2) is 35.3 Å². The van der Waals surface area contributed by atoms with Crippen LogP contribution in [0.4, 0.5) is 0 Å². The third kappa shape index (κ3) is 3.39. The number of aliphatic imine (C=N–C) groups is 1. The van der Waals surface area contributed by atoms with E-state index in [-0.39, 0.29) is 0 Å². The Labute approximate surface area is 76.9 Å². The van der Waals surface area contributed by atoms with Crippen LogP contribution in [0.1, 0.15) is 5.56 Å². The van der Waals surface area contributed by atoms with Gasteiger partial charge in [0.2, 0.25) is 0 Å². The minimum atomic E-state index is 0.290. The van der Waals surface area contributed by atoms with Crippen molar-refractivity contribution in [3.8, 4) is 0 Å². The third-order valence-corrected chi connectivity index (χ3v) is 1.46. The molecule has 1 aromatic rings. The molecule has 0 saturated heterocycles. The van der Waals surface area contributed by atoms with Gasteiger partial charge < -0.3 is 4.74 Å². The molecule has 0 spiro atoms. The average Bonchev–Trinajstić information content (AvgIpc) is 2.14. The normalized spacial score (nSPS) is 9.00. The highest BCUT2D eigenvalue weighted by molar-refractivity contribution is 7.78. The van der Waals surface area contributed by atoms with Gasteiger partial charge >= 0.3 is 0 Å². The molecule has 0 radical (unpaired) electrons. The van der Waals surface area contributed by atoms with E-state index >= 15 is 0 Å². The Morgan fingerprint density at radius 3 is 2.75 bits per heavy atom. The highest BCUT2D eigenvalue weighted by Crippen LogP contribution is 1.99. The Bertz CT molecular complexity index is 267. The van der Waals surface area contributed by atoms with Crippen molar-refractivity contribution in [1.29, 1.82) is 0 Å². The smallest absolute Gasteiger partial charge is 0.148 e. The first-order valence-corrected chi connectivity index (χ1v) is 3.99. The molecule has 2 nitrogen and oxygen atoms in total. The summed E-state index contributed by atoms with van der Waals surface area (Å²) in [5.74, 6) is 0. The van der Waals surface area contributed by atoms with Gasteiger partial charge in [-0.1, -0.05) is 30.3 Å². The van der Waals surface area contributed by atoms with Gasteiger partial charge in [0.1, 0.15) is 6.73 Å². The maximum Gasteiger partial charge on any atom is 0.148 e. The molecule has 0 aliphatic heterocycles. The largest absolute Gasteiger partial charge is 0.354 e. The maximum atomic E-state index is 5.16. The van der Waals surface area contributed by atoms with Crippen LogP contribution in [0.2, 0.25) is 0 Å². The molecule has 0 amide bonds. The molecule has 0 aliphatic carbocycles. The second-order valence-corrected chi connectivity index (χ2v) is 2.40. The van der Waals surface area contributed by atoms with Crippen LogP contribution in [-0.4, -0.2) is 11.9 Å². The number of isothiocyanates is 1. The van der Waals surface area contributed by atoms with E-state index in [0.29, 0.717) is 13.3 Å². The molecular formula is C9H9NOS. The average molecular weight is 179 g/mol. The first-order chi connectivity index (χ1) is 5.93. The molecule has 0 aliphatic rings. The SMILES string of the molecule is S=C=NCOCc1ccccc1. The summed E-state index contributed by atoms with van der Waals surface area (Å²) in [7, 11) is 0. The zero-order valence-electron chi connectivity index (χ0n) is 6.56. The molecule has 3 heteroatoms. The number of thiocarbonyl (C=S) groups is 1. The van der Waals surface area contributed by atoms with Gasteiger partial charge in [-0.2, -0.15) is 0 Å². The van der Waals surface area contributed by atoms with E-state index in [1.54, 1.807) is 0 Å². The molecule has 0 heterocycles. The lowest BCUT2D eigenvalue weighted by Gasteiger charge is -1.98. The fraction of sp³-hybridized carbons (Fsp3) is 0.222. The van der Waals surface area contributed by atoms with Crippen LogP contribution >= 0.6 is 12.2 Å². The van der Waals surface area contributed by atoms with Crippen LogP contribution < -0.4 is 0 Å². The van der Waals surface area contributed by atoms with E-state index in [1.165, 1.54) is 0 Å². The molecule has 0 saturated carbocycles. The number of nitrogens with zero attached hydrogens (tertiary/aromatic N) is 1. The Kier molecular flexibility index (Phi) is 4.24. The molecule has 0 unspecified atom stereocenters. The van der Waals surface area contributed by atoms with Crippen LogP contribution in [0.5, 0.6) is 0 Å². The molecule has 0 atom stereocenters. The van der Waals surface area contributed by atoms with Crippen molar-refractivity contribution >= 4 is 17.4 Å². The van der Waals surface area contributed by atoms with Crippen molar-refractivity contribution in [1.82, 2.24) is 0 Å². The van der Waals surface area contributed by atoms with Gasteiger partial charge in [-0.15, -0.1) is 0 Å². The Balaban J connectivity index is 2.29. The number of rotatable bonds is 4. The topological polar surface area (TPSA) is 21.6 Å². The van der Waals surface area contributed by atoms with E-state index in [2.05, 4.69) is 22.4 Å². The van der Waals surface area contributed by atoms with Gasteiger partial charge in [-0.25, -0.2) is 4.99 Å². The zero-order chi connectivity index (χ0) is 8.65. The maximum absolute atomic E-state index is 5.16. The second kappa shape index (κ2) is 5.61. The molecule has 62 valence electrons. The third-order valence-electron chi connectivity index (χ3n) is 1.33. The lowest BCUT2D eigenvalue weighted by molar-refractivity contribution is 0.129. The molecule has 0 aromatic heterocycles. The van der Waals surface area contributed by atoms with Crippen LogP contribution in [0.25, 0.3) is 0 Å². The number of benzene rings is 1. The summed E-state index contributed by atoms with van der Waals surface area (Å²) in [6.45, 7) is 0.861. The van der Waals surface area contributed by atoms with Gasteiger partial charge in [0.05, 0.1) is 11.8 Å². The van der Waals surface area contributed by atoms with E-state index < -0.39 is 0 Å². The molecule has 0 bridgehead atoms. The van der Waals surface area contributed by atoms with Crippen LogP contribution in [-0.2, 0) is 11.3 Å². The summed E-state index contributed by atoms with van der Waals surface area (Å²) >= 11 is 4.39. The van der Waals surface area contributed by atoms with Gasteiger partial charge in [0.15, 0.2) is 0 Å². The predicted octanol–water partition coefficient (Wildman–Crippen LogP) is 2.26. The summed E-state index contributed by atoms with van der Waals surface area (Å²) in [6.07, 6.45) is 0. The van der Waals surface area contributed by atoms with Crippen LogP contribution in [0.3, 0.4) is 0 Å². The Morgan fingerprint density at radius 2 is 2.08 bits per heavy atom. The highest BCUT2D eigenvalue weighted by Gasteiger charge is 1.88.